The summed E-state index contributed by atoms with van der Waals surface area (Å²) in [6, 6.07) is 5.57. The van der Waals surface area contributed by atoms with Crippen LogP contribution in [0.25, 0.3) is 16.2 Å². The number of ether oxygens (including phenoxy) is 2. The Kier molecular flexibility index (Phi) is 3.25. The summed E-state index contributed by atoms with van der Waals surface area (Å²) in [5.74, 6) is 1.39. The van der Waals surface area contributed by atoms with E-state index in [1.54, 1.807) is 6.20 Å². The molecule has 0 aliphatic carbocycles. The van der Waals surface area contributed by atoms with Gasteiger partial charge in [-0.15, -0.1) is 5.10 Å². The Morgan fingerprint density at radius 2 is 2.00 bits per heavy atom. The summed E-state index contributed by atoms with van der Waals surface area (Å²) in [5.41, 5.74) is 1.50. The molecule has 3 aromatic rings. The van der Waals surface area contributed by atoms with Crippen LogP contribution in [0.2, 0.25) is 0 Å². The number of aromatic nitrogens is 3. The Labute approximate surface area is 135 Å². The number of benzene rings is 1. The summed E-state index contributed by atoms with van der Waals surface area (Å²) in [7, 11) is -3.82. The minimum Gasteiger partial charge on any atom is -0.490 e. The van der Waals surface area contributed by atoms with Crippen molar-refractivity contribution in [3.63, 3.8) is 0 Å². The van der Waals surface area contributed by atoms with Gasteiger partial charge < -0.3 is 9.47 Å². The topological polar surface area (TPSA) is 109 Å². The van der Waals surface area contributed by atoms with Crippen molar-refractivity contribution in [1.29, 1.82) is 0 Å². The normalized spacial score (nSPS) is 14.8. The Morgan fingerprint density at radius 1 is 1.22 bits per heavy atom. The first-order valence-corrected chi connectivity index (χ1v) is 9.16. The molecule has 3 heterocycles. The number of rotatable bonds is 2. The highest BCUT2D eigenvalue weighted by Gasteiger charge is 2.18. The summed E-state index contributed by atoms with van der Waals surface area (Å²) in [6.45, 7) is 1.24. The van der Waals surface area contributed by atoms with Crippen molar-refractivity contribution in [3.8, 4) is 22.8 Å². The van der Waals surface area contributed by atoms with Crippen molar-refractivity contribution >= 4 is 26.3 Å². The molecule has 120 valence electrons. The highest BCUT2D eigenvalue weighted by Crippen LogP contribution is 2.34. The van der Waals surface area contributed by atoms with Gasteiger partial charge in [0.05, 0.1) is 25.1 Å². The predicted molar refractivity (Wildman–Crippen MR) is 83.3 cm³/mol. The number of hydrogen-bond acceptors (Lipinski definition) is 7. The summed E-state index contributed by atoms with van der Waals surface area (Å²) in [6.07, 6.45) is 2.49. The van der Waals surface area contributed by atoms with E-state index in [9.17, 15) is 8.42 Å². The molecule has 2 N–H and O–H groups in total. The van der Waals surface area contributed by atoms with Gasteiger partial charge in [0.15, 0.2) is 11.5 Å². The minimum atomic E-state index is -3.82. The standard InChI is InChI=1S/C13H12N4O4S2/c14-23(18,19)13-16-17-7-9(15-12(17)22-13)8-2-3-10-11(6-8)21-5-1-4-20-10/h2-3,6-7H,1,4-5H2,(H2,14,18,19). The van der Waals surface area contributed by atoms with Crippen LogP contribution in [0.3, 0.4) is 0 Å². The summed E-state index contributed by atoms with van der Waals surface area (Å²) in [5, 5.41) is 9.01. The van der Waals surface area contributed by atoms with Crippen LogP contribution in [-0.4, -0.2) is 36.2 Å². The van der Waals surface area contributed by atoms with Crippen molar-refractivity contribution in [2.45, 2.75) is 10.8 Å². The lowest BCUT2D eigenvalue weighted by Crippen LogP contribution is -2.12. The highest BCUT2D eigenvalue weighted by atomic mass is 32.2. The van der Waals surface area contributed by atoms with E-state index in [1.165, 1.54) is 4.52 Å². The van der Waals surface area contributed by atoms with E-state index < -0.39 is 10.0 Å². The molecule has 4 rings (SSSR count). The third-order valence-corrected chi connectivity index (χ3v) is 5.54. The van der Waals surface area contributed by atoms with Gasteiger partial charge in [0, 0.05) is 12.0 Å². The fraction of sp³-hybridized carbons (Fsp3) is 0.231. The van der Waals surface area contributed by atoms with Crippen LogP contribution in [0, 0.1) is 0 Å². The van der Waals surface area contributed by atoms with E-state index in [-0.39, 0.29) is 4.34 Å². The molecule has 0 unspecified atom stereocenters. The lowest BCUT2D eigenvalue weighted by atomic mass is 10.1. The van der Waals surface area contributed by atoms with E-state index >= 15 is 0 Å². The molecule has 0 saturated heterocycles. The molecule has 0 bridgehead atoms. The van der Waals surface area contributed by atoms with Crippen LogP contribution in [0.5, 0.6) is 11.5 Å². The van der Waals surface area contributed by atoms with E-state index in [0.29, 0.717) is 35.4 Å². The molecule has 0 atom stereocenters. The molecule has 0 spiro atoms. The van der Waals surface area contributed by atoms with E-state index in [1.807, 2.05) is 18.2 Å². The average Bonchev–Trinajstić information content (AvgIpc) is 2.98. The number of nitrogens with two attached hydrogens (primary N) is 1. The second-order valence-corrected chi connectivity index (χ2v) is 7.67. The smallest absolute Gasteiger partial charge is 0.267 e. The van der Waals surface area contributed by atoms with Crippen LogP contribution in [0.4, 0.5) is 0 Å². The number of imidazole rings is 1. The molecule has 0 amide bonds. The molecule has 0 radical (unpaired) electrons. The van der Waals surface area contributed by atoms with Crippen molar-refractivity contribution in [2.75, 3.05) is 13.2 Å². The first-order valence-electron chi connectivity index (χ1n) is 6.80. The lowest BCUT2D eigenvalue weighted by molar-refractivity contribution is 0.297. The Bertz CT molecular complexity index is 961. The molecule has 0 fully saturated rings. The van der Waals surface area contributed by atoms with Gasteiger partial charge in [0.1, 0.15) is 0 Å². The largest absolute Gasteiger partial charge is 0.490 e. The van der Waals surface area contributed by atoms with Crippen molar-refractivity contribution in [1.82, 2.24) is 14.6 Å². The molecule has 10 heteroatoms. The molecule has 1 aliphatic rings. The maximum Gasteiger partial charge on any atom is 0.267 e. The zero-order valence-electron chi connectivity index (χ0n) is 11.8. The molecular formula is C13H12N4O4S2. The highest BCUT2D eigenvalue weighted by molar-refractivity contribution is 7.91. The van der Waals surface area contributed by atoms with Crippen LogP contribution in [0.1, 0.15) is 6.42 Å². The molecular weight excluding hydrogens is 340 g/mol. The first-order chi connectivity index (χ1) is 11.0. The Balaban J connectivity index is 1.74. The van der Waals surface area contributed by atoms with Gasteiger partial charge in [0.2, 0.25) is 9.30 Å². The van der Waals surface area contributed by atoms with E-state index in [4.69, 9.17) is 14.6 Å². The molecule has 2 aromatic heterocycles. The minimum absolute atomic E-state index is 0.162. The number of primary sulfonamides is 1. The SMILES string of the molecule is NS(=O)(=O)c1nn2cc(-c3ccc4c(c3)OCCCO4)nc2s1. The number of fused-ring (bicyclic) bond motifs is 2. The van der Waals surface area contributed by atoms with Crippen LogP contribution < -0.4 is 14.6 Å². The van der Waals surface area contributed by atoms with Gasteiger partial charge in [0.25, 0.3) is 10.0 Å². The molecule has 1 aliphatic heterocycles. The average molecular weight is 352 g/mol. The quantitative estimate of drug-likeness (QED) is 0.744. The van der Waals surface area contributed by atoms with Gasteiger partial charge in [-0.2, -0.15) is 0 Å². The monoisotopic (exact) mass is 352 g/mol. The lowest BCUT2D eigenvalue weighted by Gasteiger charge is -2.07. The Morgan fingerprint density at radius 3 is 2.74 bits per heavy atom. The van der Waals surface area contributed by atoms with Crippen LogP contribution >= 0.6 is 11.3 Å². The van der Waals surface area contributed by atoms with Gasteiger partial charge in [-0.25, -0.2) is 23.1 Å². The zero-order chi connectivity index (χ0) is 16.0. The summed E-state index contributed by atoms with van der Waals surface area (Å²) >= 11 is 0.924. The third kappa shape index (κ3) is 2.64. The fourth-order valence-electron chi connectivity index (χ4n) is 2.26. The third-order valence-electron chi connectivity index (χ3n) is 3.31. The van der Waals surface area contributed by atoms with Crippen LogP contribution in [0.15, 0.2) is 28.7 Å². The molecule has 0 saturated carbocycles. The predicted octanol–water partition coefficient (Wildman–Crippen LogP) is 1.27. The van der Waals surface area contributed by atoms with Crippen molar-refractivity contribution in [3.05, 3.63) is 24.4 Å². The van der Waals surface area contributed by atoms with E-state index in [2.05, 4.69) is 10.1 Å². The Hall–Kier alpha value is -2.17. The second-order valence-electron chi connectivity index (χ2n) is 4.98. The maximum atomic E-state index is 11.3. The van der Waals surface area contributed by atoms with Gasteiger partial charge in [-0.3, -0.25) is 0 Å². The number of nitrogens with zero attached hydrogens (tertiary/aromatic N) is 3. The molecule has 1 aromatic carbocycles. The van der Waals surface area contributed by atoms with E-state index in [0.717, 1.165) is 23.3 Å². The number of hydrogen-bond donors (Lipinski definition) is 1. The van der Waals surface area contributed by atoms with Crippen molar-refractivity contribution < 1.29 is 17.9 Å². The van der Waals surface area contributed by atoms with Gasteiger partial charge >= 0.3 is 0 Å². The van der Waals surface area contributed by atoms with Gasteiger partial charge in [-0.05, 0) is 18.2 Å². The summed E-state index contributed by atoms with van der Waals surface area (Å²) < 4.78 is 35.1. The van der Waals surface area contributed by atoms with Gasteiger partial charge in [-0.1, -0.05) is 11.3 Å². The second kappa shape index (κ2) is 5.18. The molecule has 8 nitrogen and oxygen atoms in total. The zero-order valence-corrected chi connectivity index (χ0v) is 13.4. The maximum absolute atomic E-state index is 11.3. The van der Waals surface area contributed by atoms with Crippen molar-refractivity contribution in [2.24, 2.45) is 5.14 Å². The van der Waals surface area contributed by atoms with Crippen LogP contribution in [-0.2, 0) is 10.0 Å². The first kappa shape index (κ1) is 14.4. The fourth-order valence-corrected chi connectivity index (χ4v) is 3.76. The molecule has 23 heavy (non-hydrogen) atoms. The summed E-state index contributed by atoms with van der Waals surface area (Å²) in [4.78, 5) is 4.85. The number of sulfonamides is 1.